The molecule has 7 nitrogen and oxygen atoms in total. The largest absolute Gasteiger partial charge is 0.465 e. The minimum atomic E-state index is -0.429. The highest BCUT2D eigenvalue weighted by atomic mass is 16.5. The fraction of sp³-hybridized carbons (Fsp3) is 0.0435. The Labute approximate surface area is 172 Å². The molecule has 2 heterocycles. The first-order chi connectivity index (χ1) is 14.6. The maximum absolute atomic E-state index is 12.5. The number of fused-ring (bicyclic) bond motifs is 1. The number of carbonyl (C=O) groups excluding carboxylic acids is 2. The van der Waals surface area contributed by atoms with Gasteiger partial charge < -0.3 is 15.4 Å². The molecule has 2 aromatic carbocycles. The van der Waals surface area contributed by atoms with Gasteiger partial charge in [-0.1, -0.05) is 18.2 Å². The van der Waals surface area contributed by atoms with Crippen molar-refractivity contribution in [2.45, 2.75) is 0 Å². The summed E-state index contributed by atoms with van der Waals surface area (Å²) in [6.07, 6.45) is 3.24. The average molecular weight is 398 g/mol. The zero-order valence-corrected chi connectivity index (χ0v) is 16.1. The van der Waals surface area contributed by atoms with Gasteiger partial charge in [0.15, 0.2) is 0 Å². The summed E-state index contributed by atoms with van der Waals surface area (Å²) in [4.78, 5) is 32.7. The molecule has 0 aliphatic rings. The molecule has 0 bridgehead atoms. The highest BCUT2D eigenvalue weighted by molar-refractivity contribution is 6.04. The predicted octanol–water partition coefficient (Wildman–Crippen LogP) is 4.41. The number of pyridine rings is 2. The first-order valence-corrected chi connectivity index (χ1v) is 9.20. The monoisotopic (exact) mass is 398 g/mol. The minimum Gasteiger partial charge on any atom is -0.465 e. The van der Waals surface area contributed by atoms with Gasteiger partial charge in [-0.3, -0.25) is 9.78 Å². The topological polar surface area (TPSA) is 93.2 Å². The van der Waals surface area contributed by atoms with Gasteiger partial charge in [0.25, 0.3) is 5.91 Å². The number of ether oxygens (including phenoxy) is 1. The van der Waals surface area contributed by atoms with Crippen molar-refractivity contribution in [3.05, 3.63) is 90.3 Å². The van der Waals surface area contributed by atoms with Crippen LogP contribution in [-0.4, -0.2) is 29.0 Å². The third-order valence-corrected chi connectivity index (χ3v) is 4.48. The number of amides is 1. The van der Waals surface area contributed by atoms with Gasteiger partial charge in [-0.25, -0.2) is 9.78 Å². The van der Waals surface area contributed by atoms with Crippen molar-refractivity contribution in [3.8, 4) is 0 Å². The van der Waals surface area contributed by atoms with E-state index in [-0.39, 0.29) is 5.91 Å². The smallest absolute Gasteiger partial charge is 0.337 e. The molecule has 0 saturated carbocycles. The van der Waals surface area contributed by atoms with Gasteiger partial charge in [0.05, 0.1) is 29.4 Å². The molecule has 0 aliphatic carbocycles. The lowest BCUT2D eigenvalue weighted by Gasteiger charge is -2.09. The number of rotatable bonds is 5. The number of aromatic nitrogens is 2. The Morgan fingerprint density at radius 2 is 1.63 bits per heavy atom. The summed E-state index contributed by atoms with van der Waals surface area (Å²) in [5.41, 5.74) is 3.07. The number of methoxy groups -OCH3 is 1. The van der Waals surface area contributed by atoms with Crippen molar-refractivity contribution in [1.82, 2.24) is 9.97 Å². The molecular weight excluding hydrogens is 380 g/mol. The average Bonchev–Trinajstić information content (AvgIpc) is 2.80. The second-order valence-corrected chi connectivity index (χ2v) is 6.46. The van der Waals surface area contributed by atoms with E-state index in [1.807, 2.05) is 30.3 Å². The molecule has 0 fully saturated rings. The lowest BCUT2D eigenvalue weighted by molar-refractivity contribution is 0.0600. The Kier molecular flexibility index (Phi) is 5.34. The number of esters is 1. The number of hydrogen-bond acceptors (Lipinski definition) is 6. The molecule has 7 heteroatoms. The molecule has 1 amide bonds. The second kappa shape index (κ2) is 8.40. The molecule has 2 aromatic heterocycles. The second-order valence-electron chi connectivity index (χ2n) is 6.46. The van der Waals surface area contributed by atoms with Crippen LogP contribution in [0.15, 0.2) is 79.1 Å². The van der Waals surface area contributed by atoms with Crippen LogP contribution in [0, 0.1) is 0 Å². The number of para-hydroxylation sites is 1. The SMILES string of the molecule is COC(=O)c1ccc(NC(=O)c2ccc(Nc3cccc4cccnc34)nc2)cc1. The number of anilines is 3. The van der Waals surface area contributed by atoms with E-state index in [1.54, 1.807) is 42.6 Å². The van der Waals surface area contributed by atoms with Crippen LogP contribution >= 0.6 is 0 Å². The number of hydrogen-bond donors (Lipinski definition) is 2. The zero-order chi connectivity index (χ0) is 20.9. The van der Waals surface area contributed by atoms with E-state index in [0.717, 1.165) is 16.6 Å². The van der Waals surface area contributed by atoms with Crippen LogP contribution in [0.3, 0.4) is 0 Å². The van der Waals surface area contributed by atoms with Crippen molar-refractivity contribution >= 4 is 40.0 Å². The van der Waals surface area contributed by atoms with Gasteiger partial charge in [-0.15, -0.1) is 0 Å². The van der Waals surface area contributed by atoms with Gasteiger partial charge in [-0.2, -0.15) is 0 Å². The van der Waals surface area contributed by atoms with Crippen molar-refractivity contribution in [3.63, 3.8) is 0 Å². The van der Waals surface area contributed by atoms with E-state index in [9.17, 15) is 9.59 Å². The molecule has 148 valence electrons. The van der Waals surface area contributed by atoms with E-state index < -0.39 is 5.97 Å². The Balaban J connectivity index is 1.45. The summed E-state index contributed by atoms with van der Waals surface area (Å²) in [5.74, 6) is -0.125. The standard InChI is InChI=1S/C23H18N4O3/c1-30-23(29)16-7-10-18(11-8-16)26-22(28)17-9-12-20(25-14-17)27-19-6-2-4-15-5-3-13-24-21(15)19/h2-14H,1H3,(H,25,27)(H,26,28). The summed E-state index contributed by atoms with van der Waals surface area (Å²) >= 11 is 0. The minimum absolute atomic E-state index is 0.299. The van der Waals surface area contributed by atoms with Crippen molar-refractivity contribution < 1.29 is 14.3 Å². The molecule has 0 aliphatic heterocycles. The highest BCUT2D eigenvalue weighted by Crippen LogP contribution is 2.23. The molecule has 0 atom stereocenters. The van der Waals surface area contributed by atoms with E-state index in [0.29, 0.717) is 22.6 Å². The summed E-state index contributed by atoms with van der Waals surface area (Å²) in [5, 5.41) is 7.03. The maximum Gasteiger partial charge on any atom is 0.337 e. The number of benzene rings is 2. The van der Waals surface area contributed by atoms with Crippen molar-refractivity contribution in [1.29, 1.82) is 0 Å². The molecule has 4 aromatic rings. The number of nitrogens with one attached hydrogen (secondary N) is 2. The van der Waals surface area contributed by atoms with Crippen LogP contribution in [0.5, 0.6) is 0 Å². The highest BCUT2D eigenvalue weighted by Gasteiger charge is 2.09. The molecule has 4 rings (SSSR count). The van der Waals surface area contributed by atoms with Gasteiger partial charge in [0.1, 0.15) is 5.82 Å². The molecule has 0 unspecified atom stereocenters. The van der Waals surface area contributed by atoms with Crippen molar-refractivity contribution in [2.75, 3.05) is 17.7 Å². The van der Waals surface area contributed by atoms with Gasteiger partial charge >= 0.3 is 5.97 Å². The molecule has 0 radical (unpaired) electrons. The summed E-state index contributed by atoms with van der Waals surface area (Å²) in [6, 6.07) is 19.6. The third-order valence-electron chi connectivity index (χ3n) is 4.48. The lowest BCUT2D eigenvalue weighted by atomic mass is 10.2. The quantitative estimate of drug-likeness (QED) is 0.484. The maximum atomic E-state index is 12.5. The Bertz CT molecular complexity index is 1200. The summed E-state index contributed by atoms with van der Waals surface area (Å²) < 4.78 is 4.66. The normalized spacial score (nSPS) is 10.4. The van der Waals surface area contributed by atoms with Crippen LogP contribution in [0.2, 0.25) is 0 Å². The van der Waals surface area contributed by atoms with Crippen molar-refractivity contribution in [2.24, 2.45) is 0 Å². The molecule has 0 saturated heterocycles. The van der Waals surface area contributed by atoms with E-state index >= 15 is 0 Å². The molecule has 2 N–H and O–H groups in total. The van der Waals surface area contributed by atoms with E-state index in [1.165, 1.54) is 13.3 Å². The number of carbonyl (C=O) groups is 2. The van der Waals surface area contributed by atoms with Crippen LogP contribution in [0.4, 0.5) is 17.2 Å². The Morgan fingerprint density at radius 3 is 2.37 bits per heavy atom. The lowest BCUT2D eigenvalue weighted by Crippen LogP contribution is -2.12. The predicted molar refractivity (Wildman–Crippen MR) is 115 cm³/mol. The van der Waals surface area contributed by atoms with E-state index in [4.69, 9.17) is 0 Å². The van der Waals surface area contributed by atoms with Crippen LogP contribution < -0.4 is 10.6 Å². The summed E-state index contributed by atoms with van der Waals surface area (Å²) in [6.45, 7) is 0. The molecule has 30 heavy (non-hydrogen) atoms. The van der Waals surface area contributed by atoms with Crippen LogP contribution in [-0.2, 0) is 4.74 Å². The Morgan fingerprint density at radius 1 is 0.867 bits per heavy atom. The third kappa shape index (κ3) is 4.10. The molecular formula is C23H18N4O3. The van der Waals surface area contributed by atoms with Gasteiger partial charge in [-0.05, 0) is 48.5 Å². The zero-order valence-electron chi connectivity index (χ0n) is 16.1. The van der Waals surface area contributed by atoms with Gasteiger partial charge in [0.2, 0.25) is 0 Å². The first kappa shape index (κ1) is 19.1. The van der Waals surface area contributed by atoms with Crippen LogP contribution in [0.25, 0.3) is 10.9 Å². The van der Waals surface area contributed by atoms with Crippen LogP contribution in [0.1, 0.15) is 20.7 Å². The van der Waals surface area contributed by atoms with Gasteiger partial charge in [0, 0.05) is 23.5 Å². The van der Waals surface area contributed by atoms with E-state index in [2.05, 4.69) is 25.3 Å². The Hall–Kier alpha value is -4.26. The fourth-order valence-corrected chi connectivity index (χ4v) is 2.96. The fourth-order valence-electron chi connectivity index (χ4n) is 2.96. The first-order valence-electron chi connectivity index (χ1n) is 9.20. The number of nitrogens with zero attached hydrogens (tertiary/aromatic N) is 2. The summed E-state index contributed by atoms with van der Waals surface area (Å²) in [7, 11) is 1.32. The molecule has 0 spiro atoms.